The highest BCUT2D eigenvalue weighted by molar-refractivity contribution is 6.04. The van der Waals surface area contributed by atoms with Crippen LogP contribution in [0.5, 0.6) is 0 Å². The molecular formula is C37H55N5O10. The van der Waals surface area contributed by atoms with Crippen molar-refractivity contribution in [1.82, 2.24) is 15.5 Å². The fraction of sp³-hybridized carbons (Fsp3) is 0.622. The number of aliphatic carboxylic acids is 1. The van der Waals surface area contributed by atoms with Crippen LogP contribution in [0.15, 0.2) is 24.3 Å². The van der Waals surface area contributed by atoms with Gasteiger partial charge >= 0.3 is 18.0 Å². The number of carboxylic acid groups (broad SMARTS) is 1. The largest absolute Gasteiger partial charge is 0.481 e. The number of ketones is 1. The van der Waals surface area contributed by atoms with Gasteiger partial charge in [-0.1, -0.05) is 39.3 Å². The number of hydrogen-bond acceptors (Lipinski definition) is 9. The third kappa shape index (κ3) is 14.8. The normalized spacial score (nSPS) is 15.8. The van der Waals surface area contributed by atoms with E-state index in [0.29, 0.717) is 30.5 Å². The van der Waals surface area contributed by atoms with E-state index in [0.717, 1.165) is 0 Å². The number of hydrogen-bond donors (Lipinski definition) is 5. The number of benzene rings is 1. The molecule has 1 heterocycles. The van der Waals surface area contributed by atoms with E-state index in [1.54, 1.807) is 45.0 Å². The van der Waals surface area contributed by atoms with Crippen molar-refractivity contribution >= 4 is 53.1 Å². The van der Waals surface area contributed by atoms with E-state index in [2.05, 4.69) is 16.0 Å². The highest BCUT2D eigenvalue weighted by atomic mass is 16.5. The van der Waals surface area contributed by atoms with Crippen molar-refractivity contribution in [3.63, 3.8) is 0 Å². The third-order valence-corrected chi connectivity index (χ3v) is 8.73. The van der Waals surface area contributed by atoms with Gasteiger partial charge in [0.1, 0.15) is 6.61 Å². The van der Waals surface area contributed by atoms with Gasteiger partial charge in [-0.25, -0.2) is 4.79 Å². The number of carboxylic acids is 1. The van der Waals surface area contributed by atoms with Crippen molar-refractivity contribution in [2.24, 2.45) is 28.4 Å². The van der Waals surface area contributed by atoms with Crippen LogP contribution in [0.4, 0.5) is 10.5 Å². The minimum atomic E-state index is -1.38. The maximum Gasteiger partial charge on any atom is 0.312 e. The lowest BCUT2D eigenvalue weighted by Crippen LogP contribution is -2.43. The molecule has 1 aliphatic heterocycles. The Kier molecular flexibility index (Phi) is 16.4. The second kappa shape index (κ2) is 19.7. The summed E-state index contributed by atoms with van der Waals surface area (Å²) in [5, 5.41) is 17.2. The number of rotatable bonds is 20. The first-order valence-corrected chi connectivity index (χ1v) is 17.7. The van der Waals surface area contributed by atoms with E-state index in [-0.39, 0.29) is 80.9 Å². The van der Waals surface area contributed by atoms with Gasteiger partial charge in [0.15, 0.2) is 5.78 Å². The fourth-order valence-corrected chi connectivity index (χ4v) is 5.58. The summed E-state index contributed by atoms with van der Waals surface area (Å²) in [6.45, 7) is 11.4. The summed E-state index contributed by atoms with van der Waals surface area (Å²) >= 11 is 0. The Bertz CT molecular complexity index is 1460. The maximum absolute atomic E-state index is 13.4. The molecule has 288 valence electrons. The molecule has 2 rings (SSSR count). The highest BCUT2D eigenvalue weighted by Gasteiger charge is 2.44. The molecule has 3 atom stereocenters. The fourth-order valence-electron chi connectivity index (χ4n) is 5.58. The Morgan fingerprint density at radius 3 is 2.15 bits per heavy atom. The first-order chi connectivity index (χ1) is 24.2. The summed E-state index contributed by atoms with van der Waals surface area (Å²) in [6, 6.07) is 4.45. The first-order valence-electron chi connectivity index (χ1n) is 17.7. The lowest BCUT2D eigenvalue weighted by Gasteiger charge is -2.24. The molecule has 0 bridgehead atoms. The maximum atomic E-state index is 13.4. The van der Waals surface area contributed by atoms with Crippen LogP contribution < -0.4 is 21.7 Å². The molecule has 0 aliphatic carbocycles. The number of unbranched alkanes of at least 4 members (excludes halogenated alkanes) is 2. The number of carbonyl (C=O) groups excluding carboxylic acids is 7. The summed E-state index contributed by atoms with van der Waals surface area (Å²) in [5.41, 5.74) is 5.25. The van der Waals surface area contributed by atoms with Crippen LogP contribution in [0, 0.1) is 22.7 Å². The van der Waals surface area contributed by atoms with Gasteiger partial charge in [0, 0.05) is 44.0 Å². The van der Waals surface area contributed by atoms with Crippen LogP contribution in [0.1, 0.15) is 105 Å². The van der Waals surface area contributed by atoms with Crippen molar-refractivity contribution in [3.05, 3.63) is 29.8 Å². The van der Waals surface area contributed by atoms with Gasteiger partial charge in [-0.2, -0.15) is 0 Å². The number of likely N-dealkylation sites (tertiary alicyclic amines) is 1. The van der Waals surface area contributed by atoms with Crippen LogP contribution in [0.2, 0.25) is 0 Å². The molecule has 1 fully saturated rings. The Morgan fingerprint density at radius 2 is 1.60 bits per heavy atom. The minimum absolute atomic E-state index is 0.00991. The van der Waals surface area contributed by atoms with Gasteiger partial charge in [-0.05, 0) is 69.6 Å². The zero-order chi connectivity index (χ0) is 39.2. The number of amides is 6. The molecular weight excluding hydrogens is 674 g/mol. The predicted molar refractivity (Wildman–Crippen MR) is 191 cm³/mol. The second-order valence-corrected chi connectivity index (χ2v) is 15.3. The number of urea groups is 1. The third-order valence-electron chi connectivity index (χ3n) is 8.73. The van der Waals surface area contributed by atoms with Gasteiger partial charge in [-0.3, -0.25) is 38.5 Å². The number of carbonyl (C=O) groups is 8. The summed E-state index contributed by atoms with van der Waals surface area (Å²) in [7, 11) is 0. The molecule has 6 amide bonds. The molecule has 1 aromatic rings. The van der Waals surface area contributed by atoms with Crippen molar-refractivity contribution in [2.45, 2.75) is 112 Å². The van der Waals surface area contributed by atoms with E-state index < -0.39 is 53.4 Å². The lowest BCUT2D eigenvalue weighted by atomic mass is 9.80. The Hall–Kier alpha value is -4.82. The molecule has 1 unspecified atom stereocenters. The molecule has 1 saturated heterocycles. The van der Waals surface area contributed by atoms with Crippen molar-refractivity contribution < 1.29 is 48.2 Å². The van der Waals surface area contributed by atoms with Crippen LogP contribution in [0.25, 0.3) is 0 Å². The SMILES string of the molecule is CC(C)(C)C(=O)OCc1ccc(NC(=O)[C@H](CCCNC(N)=O)CC(=O)[C@H](CC(=O)O)NC(=O)CCCCCN2C(=O)CC(C(C)(C)C)C2=O)cc1. The molecule has 52 heavy (non-hydrogen) atoms. The number of nitrogens with two attached hydrogens (primary N) is 1. The van der Waals surface area contributed by atoms with E-state index in [4.69, 9.17) is 10.5 Å². The van der Waals surface area contributed by atoms with Gasteiger partial charge in [0.25, 0.3) is 0 Å². The molecule has 0 aromatic heterocycles. The molecule has 6 N–H and O–H groups in total. The molecule has 0 saturated carbocycles. The zero-order valence-corrected chi connectivity index (χ0v) is 31.2. The van der Waals surface area contributed by atoms with E-state index in [1.807, 2.05) is 20.8 Å². The second-order valence-electron chi connectivity index (χ2n) is 15.3. The number of nitrogens with zero attached hydrogens (tertiary/aromatic N) is 1. The number of ether oxygens (including phenoxy) is 1. The molecule has 0 spiro atoms. The summed E-state index contributed by atoms with van der Waals surface area (Å²) in [4.78, 5) is 101. The van der Waals surface area contributed by atoms with Gasteiger partial charge in [-0.15, -0.1) is 0 Å². The highest BCUT2D eigenvalue weighted by Crippen LogP contribution is 2.35. The Labute approximate surface area is 305 Å². The zero-order valence-electron chi connectivity index (χ0n) is 31.2. The van der Waals surface area contributed by atoms with Crippen molar-refractivity contribution in [3.8, 4) is 0 Å². The molecule has 1 aromatic carbocycles. The quantitative estimate of drug-likeness (QED) is 0.0742. The Morgan fingerprint density at radius 1 is 0.942 bits per heavy atom. The number of esters is 1. The van der Waals surface area contributed by atoms with Gasteiger partial charge in [0.2, 0.25) is 23.6 Å². The summed E-state index contributed by atoms with van der Waals surface area (Å²) < 4.78 is 5.32. The number of imide groups is 1. The van der Waals surface area contributed by atoms with Crippen LogP contribution >= 0.6 is 0 Å². The standard InChI is InChI=1S/C37H55N5O10/c1-36(2,3)26-20-30(45)42(33(26)49)18-9-7-8-12-29(44)41-27(21-31(46)47)28(43)19-24(11-10-17-39-35(38)51)32(48)40-25-15-13-23(14-16-25)22-52-34(50)37(4,5)6/h13-16,24,26-27H,7-12,17-22H2,1-6H3,(H,40,48)(H,41,44)(H,46,47)(H3,38,39,51)/t24-,26?,27+/m1/s1. The number of Topliss-reactive ketones (excluding diaryl/α,β-unsaturated/α-hetero) is 1. The summed E-state index contributed by atoms with van der Waals surface area (Å²) in [5.74, 6) is -5.07. The van der Waals surface area contributed by atoms with E-state index in [1.165, 1.54) is 4.90 Å². The predicted octanol–water partition coefficient (Wildman–Crippen LogP) is 3.68. The monoisotopic (exact) mass is 729 g/mol. The topological polar surface area (TPSA) is 231 Å². The number of nitrogens with one attached hydrogen (secondary N) is 3. The molecule has 15 heteroatoms. The molecule has 15 nitrogen and oxygen atoms in total. The number of anilines is 1. The first kappa shape index (κ1) is 43.3. The lowest BCUT2D eigenvalue weighted by molar-refractivity contribution is -0.154. The average Bonchev–Trinajstić information content (AvgIpc) is 3.33. The van der Waals surface area contributed by atoms with Crippen LogP contribution in [0.3, 0.4) is 0 Å². The van der Waals surface area contributed by atoms with Gasteiger partial charge < -0.3 is 31.5 Å². The van der Waals surface area contributed by atoms with Crippen LogP contribution in [-0.4, -0.2) is 76.5 Å². The van der Waals surface area contributed by atoms with E-state index in [9.17, 15) is 43.5 Å². The number of primary amides is 1. The Balaban J connectivity index is 1.98. The molecule has 0 radical (unpaired) electrons. The van der Waals surface area contributed by atoms with Crippen molar-refractivity contribution in [1.29, 1.82) is 0 Å². The van der Waals surface area contributed by atoms with E-state index >= 15 is 0 Å². The smallest absolute Gasteiger partial charge is 0.312 e. The van der Waals surface area contributed by atoms with Crippen molar-refractivity contribution in [2.75, 3.05) is 18.4 Å². The summed E-state index contributed by atoms with van der Waals surface area (Å²) in [6.07, 6.45) is 0.936. The van der Waals surface area contributed by atoms with Gasteiger partial charge in [0.05, 0.1) is 23.8 Å². The average molecular weight is 730 g/mol. The molecule has 1 aliphatic rings. The minimum Gasteiger partial charge on any atom is -0.481 e. The van der Waals surface area contributed by atoms with Crippen LogP contribution in [-0.2, 0) is 44.9 Å².